The SMILES string of the molecule is CC1CCN(Cc2ccn(C3CCCC3)n2)C1CO. The summed E-state index contributed by atoms with van der Waals surface area (Å²) in [6, 6.07) is 3.09. The minimum absolute atomic E-state index is 0.268. The molecule has 0 spiro atoms. The van der Waals surface area contributed by atoms with Gasteiger partial charge in [-0.2, -0.15) is 5.10 Å². The Hall–Kier alpha value is -0.870. The van der Waals surface area contributed by atoms with Gasteiger partial charge in [0.05, 0.1) is 18.3 Å². The van der Waals surface area contributed by atoms with Crippen molar-refractivity contribution in [2.75, 3.05) is 13.2 Å². The van der Waals surface area contributed by atoms with Crippen molar-refractivity contribution in [3.05, 3.63) is 18.0 Å². The smallest absolute Gasteiger partial charge is 0.0765 e. The van der Waals surface area contributed by atoms with E-state index < -0.39 is 0 Å². The lowest BCUT2D eigenvalue weighted by molar-refractivity contribution is 0.133. The maximum Gasteiger partial charge on any atom is 0.0765 e. The van der Waals surface area contributed by atoms with E-state index in [0.717, 1.165) is 18.8 Å². The second-order valence-corrected chi connectivity index (χ2v) is 6.21. The first kappa shape index (κ1) is 13.1. The number of hydrogen-bond donors (Lipinski definition) is 1. The Morgan fingerprint density at radius 2 is 2.11 bits per heavy atom. The van der Waals surface area contributed by atoms with Gasteiger partial charge in [-0.1, -0.05) is 19.8 Å². The van der Waals surface area contributed by atoms with Crippen molar-refractivity contribution in [3.63, 3.8) is 0 Å². The first-order chi connectivity index (χ1) is 9.28. The molecule has 0 radical (unpaired) electrons. The molecule has 1 aromatic rings. The predicted octanol–water partition coefficient (Wildman–Crippen LogP) is 2.20. The molecule has 0 aromatic carbocycles. The van der Waals surface area contributed by atoms with Crippen LogP contribution in [0.25, 0.3) is 0 Å². The third-order valence-electron chi connectivity index (χ3n) is 4.91. The van der Waals surface area contributed by atoms with E-state index in [1.54, 1.807) is 0 Å². The van der Waals surface area contributed by atoms with Crippen LogP contribution in [0.4, 0.5) is 0 Å². The highest BCUT2D eigenvalue weighted by molar-refractivity contribution is 5.02. The third-order valence-corrected chi connectivity index (χ3v) is 4.91. The third kappa shape index (κ3) is 2.70. The molecule has 1 saturated heterocycles. The standard InChI is InChI=1S/C15H25N3O/c1-12-6-8-17(15(12)11-19)10-13-7-9-18(16-13)14-4-2-3-5-14/h7,9,12,14-15,19H,2-6,8,10-11H2,1H3. The summed E-state index contributed by atoms with van der Waals surface area (Å²) in [6.45, 7) is 4.47. The Morgan fingerprint density at radius 1 is 1.32 bits per heavy atom. The minimum Gasteiger partial charge on any atom is -0.395 e. The van der Waals surface area contributed by atoms with Gasteiger partial charge in [0.15, 0.2) is 0 Å². The lowest BCUT2D eigenvalue weighted by Gasteiger charge is -2.24. The molecule has 19 heavy (non-hydrogen) atoms. The number of nitrogens with zero attached hydrogens (tertiary/aromatic N) is 3. The molecule has 2 aliphatic rings. The van der Waals surface area contributed by atoms with Crippen molar-refractivity contribution >= 4 is 0 Å². The topological polar surface area (TPSA) is 41.3 Å². The van der Waals surface area contributed by atoms with E-state index in [9.17, 15) is 5.11 Å². The molecule has 1 aromatic heterocycles. The van der Waals surface area contributed by atoms with Crippen LogP contribution in [0, 0.1) is 5.92 Å². The largest absolute Gasteiger partial charge is 0.395 e. The Kier molecular flexibility index (Phi) is 3.89. The van der Waals surface area contributed by atoms with Crippen LogP contribution in [0.1, 0.15) is 50.8 Å². The molecular formula is C15H25N3O. The van der Waals surface area contributed by atoms with Crippen LogP contribution in [-0.2, 0) is 6.54 Å². The number of aromatic nitrogens is 2. The van der Waals surface area contributed by atoms with Crippen LogP contribution in [0.3, 0.4) is 0 Å². The van der Waals surface area contributed by atoms with E-state index in [-0.39, 0.29) is 6.61 Å². The minimum atomic E-state index is 0.268. The van der Waals surface area contributed by atoms with E-state index in [2.05, 4.69) is 28.8 Å². The molecule has 4 nitrogen and oxygen atoms in total. The van der Waals surface area contributed by atoms with Crippen LogP contribution >= 0.6 is 0 Å². The van der Waals surface area contributed by atoms with Gasteiger partial charge < -0.3 is 5.11 Å². The highest BCUT2D eigenvalue weighted by Crippen LogP contribution is 2.29. The average molecular weight is 263 g/mol. The van der Waals surface area contributed by atoms with Gasteiger partial charge >= 0.3 is 0 Å². The molecule has 2 fully saturated rings. The van der Waals surface area contributed by atoms with E-state index >= 15 is 0 Å². The molecule has 1 N–H and O–H groups in total. The molecule has 1 aliphatic heterocycles. The Balaban J connectivity index is 1.63. The fourth-order valence-corrected chi connectivity index (χ4v) is 3.62. The normalized spacial score (nSPS) is 29.4. The number of likely N-dealkylation sites (tertiary alicyclic amines) is 1. The fraction of sp³-hybridized carbons (Fsp3) is 0.800. The summed E-state index contributed by atoms with van der Waals surface area (Å²) >= 11 is 0. The van der Waals surface area contributed by atoms with Gasteiger partial charge in [0.25, 0.3) is 0 Å². The Labute approximate surface area is 115 Å². The quantitative estimate of drug-likeness (QED) is 0.905. The molecule has 0 bridgehead atoms. The summed E-state index contributed by atoms with van der Waals surface area (Å²) in [5.74, 6) is 0.599. The molecule has 1 saturated carbocycles. The van der Waals surface area contributed by atoms with E-state index in [1.807, 2.05) is 0 Å². The van der Waals surface area contributed by atoms with Crippen molar-refractivity contribution < 1.29 is 5.11 Å². The summed E-state index contributed by atoms with van der Waals surface area (Å²) in [6.07, 6.45) is 8.57. The molecule has 4 heteroatoms. The molecule has 2 unspecified atom stereocenters. The number of aliphatic hydroxyl groups excluding tert-OH is 1. The van der Waals surface area contributed by atoms with Crippen LogP contribution in [-0.4, -0.2) is 39.0 Å². The zero-order valence-electron chi connectivity index (χ0n) is 11.8. The zero-order valence-corrected chi connectivity index (χ0v) is 11.8. The van der Waals surface area contributed by atoms with Gasteiger partial charge in [0.1, 0.15) is 0 Å². The maximum absolute atomic E-state index is 9.50. The predicted molar refractivity (Wildman–Crippen MR) is 74.8 cm³/mol. The Bertz CT molecular complexity index is 411. The summed E-state index contributed by atoms with van der Waals surface area (Å²) < 4.78 is 2.16. The zero-order chi connectivity index (χ0) is 13.2. The van der Waals surface area contributed by atoms with E-state index in [0.29, 0.717) is 18.0 Å². The number of rotatable bonds is 4. The molecule has 2 heterocycles. The van der Waals surface area contributed by atoms with Gasteiger partial charge in [-0.15, -0.1) is 0 Å². The molecule has 2 atom stereocenters. The van der Waals surface area contributed by atoms with Gasteiger partial charge in [-0.3, -0.25) is 9.58 Å². The molecular weight excluding hydrogens is 238 g/mol. The van der Waals surface area contributed by atoms with Gasteiger partial charge in [-0.25, -0.2) is 0 Å². The summed E-state index contributed by atoms with van der Waals surface area (Å²) in [4.78, 5) is 2.38. The molecule has 0 amide bonds. The summed E-state index contributed by atoms with van der Waals surface area (Å²) in [5.41, 5.74) is 1.15. The van der Waals surface area contributed by atoms with Crippen molar-refractivity contribution in [2.24, 2.45) is 5.92 Å². The number of aliphatic hydroxyl groups is 1. The molecule has 3 rings (SSSR count). The second kappa shape index (κ2) is 5.63. The lowest BCUT2D eigenvalue weighted by Crippen LogP contribution is -2.34. The Morgan fingerprint density at radius 3 is 2.84 bits per heavy atom. The number of hydrogen-bond acceptors (Lipinski definition) is 3. The highest BCUT2D eigenvalue weighted by Gasteiger charge is 2.30. The highest BCUT2D eigenvalue weighted by atomic mass is 16.3. The van der Waals surface area contributed by atoms with E-state index in [4.69, 9.17) is 5.10 Å². The average Bonchev–Trinajstić information content (AvgIpc) is 3.11. The maximum atomic E-state index is 9.50. The van der Waals surface area contributed by atoms with Crippen molar-refractivity contribution in [2.45, 2.75) is 57.7 Å². The first-order valence-electron chi connectivity index (χ1n) is 7.67. The molecule has 106 valence electrons. The van der Waals surface area contributed by atoms with Gasteiger partial charge in [-0.05, 0) is 37.8 Å². The van der Waals surface area contributed by atoms with Gasteiger partial charge in [0, 0.05) is 18.8 Å². The first-order valence-corrected chi connectivity index (χ1v) is 7.67. The van der Waals surface area contributed by atoms with Crippen LogP contribution in [0.2, 0.25) is 0 Å². The van der Waals surface area contributed by atoms with Crippen LogP contribution in [0.5, 0.6) is 0 Å². The van der Waals surface area contributed by atoms with Crippen LogP contribution < -0.4 is 0 Å². The van der Waals surface area contributed by atoms with Crippen LogP contribution in [0.15, 0.2) is 12.3 Å². The fourth-order valence-electron chi connectivity index (χ4n) is 3.62. The molecule has 1 aliphatic carbocycles. The van der Waals surface area contributed by atoms with Crippen molar-refractivity contribution in [3.8, 4) is 0 Å². The van der Waals surface area contributed by atoms with Crippen molar-refractivity contribution in [1.82, 2.24) is 14.7 Å². The summed E-state index contributed by atoms with van der Waals surface area (Å²) in [5, 5.41) is 14.2. The lowest BCUT2D eigenvalue weighted by atomic mass is 10.0. The monoisotopic (exact) mass is 263 g/mol. The van der Waals surface area contributed by atoms with Crippen molar-refractivity contribution in [1.29, 1.82) is 0 Å². The van der Waals surface area contributed by atoms with Gasteiger partial charge in [0.2, 0.25) is 0 Å². The van der Waals surface area contributed by atoms with E-state index in [1.165, 1.54) is 32.1 Å². The second-order valence-electron chi connectivity index (χ2n) is 6.21. The summed E-state index contributed by atoms with van der Waals surface area (Å²) in [7, 11) is 0.